The molecule has 1 aromatic heterocycles. The first-order valence-corrected chi connectivity index (χ1v) is 7.70. The van der Waals surface area contributed by atoms with Gasteiger partial charge in [0.05, 0.1) is 24.0 Å². The van der Waals surface area contributed by atoms with Crippen molar-refractivity contribution < 1.29 is 9.90 Å². The number of aromatic nitrogens is 2. The monoisotopic (exact) mass is 316 g/mol. The molecule has 1 aromatic carbocycles. The highest BCUT2D eigenvalue weighted by Crippen LogP contribution is 2.14. The summed E-state index contributed by atoms with van der Waals surface area (Å²) in [6, 6.07) is 9.61. The topological polar surface area (TPSA) is 79.2 Å². The van der Waals surface area contributed by atoms with Crippen molar-refractivity contribution in [3.8, 4) is 0 Å². The van der Waals surface area contributed by atoms with E-state index in [0.29, 0.717) is 12.2 Å². The molecule has 6 nitrogen and oxygen atoms in total. The molecule has 2 rings (SSSR count). The Kier molecular flexibility index (Phi) is 5.39. The van der Waals surface area contributed by atoms with E-state index < -0.39 is 5.60 Å². The molecular weight excluding hydrogens is 292 g/mol. The molecule has 0 aliphatic rings. The summed E-state index contributed by atoms with van der Waals surface area (Å²) in [7, 11) is 0. The Morgan fingerprint density at radius 2 is 2.04 bits per heavy atom. The maximum absolute atomic E-state index is 11.9. The van der Waals surface area contributed by atoms with Crippen LogP contribution in [0.3, 0.4) is 0 Å². The predicted octanol–water partition coefficient (Wildman–Crippen LogP) is 2.46. The Hall–Kier alpha value is -2.34. The summed E-state index contributed by atoms with van der Waals surface area (Å²) >= 11 is 0. The Labute approximate surface area is 136 Å². The summed E-state index contributed by atoms with van der Waals surface area (Å²) in [5, 5.41) is 19.7. The lowest BCUT2D eigenvalue weighted by molar-refractivity contribution is 0.0170. The highest BCUT2D eigenvalue weighted by Gasteiger charge is 2.25. The van der Waals surface area contributed by atoms with Gasteiger partial charge in [-0.15, -0.1) is 0 Å². The molecular formula is C17H24N4O2. The summed E-state index contributed by atoms with van der Waals surface area (Å²) < 4.78 is 1.76. The fraction of sp³-hybridized carbons (Fsp3) is 0.412. The number of nitrogens with one attached hydrogen (secondary N) is 2. The lowest BCUT2D eigenvalue weighted by Gasteiger charge is -2.27. The second kappa shape index (κ2) is 7.28. The second-order valence-corrected chi connectivity index (χ2v) is 6.23. The fourth-order valence-electron chi connectivity index (χ4n) is 1.92. The highest BCUT2D eigenvalue weighted by molar-refractivity contribution is 5.88. The fourth-order valence-corrected chi connectivity index (χ4v) is 1.92. The lowest BCUT2D eigenvalue weighted by atomic mass is 9.93. The summed E-state index contributed by atoms with van der Waals surface area (Å²) in [6.07, 6.45) is 3.37. The highest BCUT2D eigenvalue weighted by atomic mass is 16.3. The molecule has 0 saturated heterocycles. The number of nitrogens with zero attached hydrogens (tertiary/aromatic N) is 2. The first kappa shape index (κ1) is 17.0. The Balaban J connectivity index is 1.85. The number of carbonyl (C=O) groups excluding carboxylic acids is 1. The van der Waals surface area contributed by atoms with Gasteiger partial charge in [-0.05, 0) is 18.4 Å². The second-order valence-electron chi connectivity index (χ2n) is 6.23. The number of benzene rings is 1. The molecule has 6 heteroatoms. The average molecular weight is 316 g/mol. The number of urea groups is 1. The van der Waals surface area contributed by atoms with Crippen LogP contribution in [0.1, 0.15) is 26.3 Å². The molecule has 0 radical (unpaired) electrons. The number of rotatable bonds is 6. The molecule has 1 unspecified atom stereocenters. The molecule has 124 valence electrons. The molecule has 1 heterocycles. The van der Waals surface area contributed by atoms with Gasteiger partial charge in [0.15, 0.2) is 0 Å². The number of hydrogen-bond donors (Lipinski definition) is 3. The first-order valence-electron chi connectivity index (χ1n) is 7.70. The largest absolute Gasteiger partial charge is 0.388 e. The van der Waals surface area contributed by atoms with Crippen LogP contribution in [0.4, 0.5) is 10.5 Å². The number of aliphatic hydroxyl groups is 1. The standard InChI is InChI=1S/C17H24N4O2/c1-13(2)17(3,23)12-18-16(22)20-15-9-19-21(11-15)10-14-7-5-4-6-8-14/h4-9,11,13,23H,10,12H2,1-3H3,(H2,18,20,22). The molecule has 2 amide bonds. The van der Waals surface area contributed by atoms with Crippen LogP contribution < -0.4 is 10.6 Å². The minimum atomic E-state index is -0.936. The molecule has 0 saturated carbocycles. The first-order chi connectivity index (χ1) is 10.9. The Morgan fingerprint density at radius 1 is 1.35 bits per heavy atom. The van der Waals surface area contributed by atoms with E-state index in [1.807, 2.05) is 44.2 Å². The van der Waals surface area contributed by atoms with E-state index in [4.69, 9.17) is 0 Å². The molecule has 2 aromatic rings. The maximum atomic E-state index is 11.9. The van der Waals surface area contributed by atoms with E-state index >= 15 is 0 Å². The van der Waals surface area contributed by atoms with Crippen LogP contribution in [0.25, 0.3) is 0 Å². The van der Waals surface area contributed by atoms with Crippen molar-refractivity contribution in [2.75, 3.05) is 11.9 Å². The summed E-state index contributed by atoms with van der Waals surface area (Å²) in [4.78, 5) is 11.9. The minimum Gasteiger partial charge on any atom is -0.388 e. The van der Waals surface area contributed by atoms with Crippen LogP contribution in [0.2, 0.25) is 0 Å². The van der Waals surface area contributed by atoms with E-state index in [2.05, 4.69) is 15.7 Å². The van der Waals surface area contributed by atoms with E-state index in [1.165, 1.54) is 0 Å². The van der Waals surface area contributed by atoms with Gasteiger partial charge in [-0.2, -0.15) is 5.10 Å². The van der Waals surface area contributed by atoms with Crippen molar-refractivity contribution in [2.24, 2.45) is 5.92 Å². The summed E-state index contributed by atoms with van der Waals surface area (Å²) in [5.74, 6) is 0.0522. The molecule has 0 spiro atoms. The van der Waals surface area contributed by atoms with E-state index in [0.717, 1.165) is 5.56 Å². The lowest BCUT2D eigenvalue weighted by Crippen LogP contribution is -2.45. The van der Waals surface area contributed by atoms with Crippen molar-refractivity contribution >= 4 is 11.7 Å². The van der Waals surface area contributed by atoms with Crippen LogP contribution >= 0.6 is 0 Å². The van der Waals surface area contributed by atoms with Gasteiger partial charge in [-0.25, -0.2) is 4.79 Å². The summed E-state index contributed by atoms with van der Waals surface area (Å²) in [6.45, 7) is 6.36. The smallest absolute Gasteiger partial charge is 0.319 e. The van der Waals surface area contributed by atoms with Gasteiger partial charge >= 0.3 is 6.03 Å². The van der Waals surface area contributed by atoms with Gasteiger partial charge in [0, 0.05) is 12.7 Å². The molecule has 0 aliphatic carbocycles. The zero-order valence-corrected chi connectivity index (χ0v) is 13.8. The quantitative estimate of drug-likeness (QED) is 0.766. The predicted molar refractivity (Wildman–Crippen MR) is 90.3 cm³/mol. The van der Waals surface area contributed by atoms with Gasteiger partial charge in [0.1, 0.15) is 0 Å². The van der Waals surface area contributed by atoms with E-state index in [-0.39, 0.29) is 18.5 Å². The maximum Gasteiger partial charge on any atom is 0.319 e. The molecule has 3 N–H and O–H groups in total. The van der Waals surface area contributed by atoms with Gasteiger partial charge in [0.25, 0.3) is 0 Å². The number of carbonyl (C=O) groups is 1. The molecule has 0 bridgehead atoms. The van der Waals surface area contributed by atoms with Gasteiger partial charge in [0.2, 0.25) is 0 Å². The van der Waals surface area contributed by atoms with Gasteiger partial charge in [-0.1, -0.05) is 44.2 Å². The van der Waals surface area contributed by atoms with Crippen molar-refractivity contribution in [1.82, 2.24) is 15.1 Å². The van der Waals surface area contributed by atoms with E-state index in [9.17, 15) is 9.90 Å². The third-order valence-electron chi connectivity index (χ3n) is 3.93. The zero-order valence-electron chi connectivity index (χ0n) is 13.8. The van der Waals surface area contributed by atoms with Crippen molar-refractivity contribution in [2.45, 2.75) is 32.9 Å². The van der Waals surface area contributed by atoms with Crippen LogP contribution in [0.5, 0.6) is 0 Å². The van der Waals surface area contributed by atoms with Crippen LogP contribution in [-0.4, -0.2) is 33.1 Å². The number of amides is 2. The molecule has 23 heavy (non-hydrogen) atoms. The Morgan fingerprint density at radius 3 is 2.70 bits per heavy atom. The molecule has 1 atom stereocenters. The van der Waals surface area contributed by atoms with E-state index in [1.54, 1.807) is 24.0 Å². The molecule has 0 aliphatic heterocycles. The normalized spacial score (nSPS) is 13.6. The van der Waals surface area contributed by atoms with Crippen LogP contribution in [-0.2, 0) is 6.54 Å². The Bertz CT molecular complexity index is 635. The zero-order chi connectivity index (χ0) is 16.9. The SMILES string of the molecule is CC(C)C(C)(O)CNC(=O)Nc1cnn(Cc2ccccc2)c1. The average Bonchev–Trinajstić information content (AvgIpc) is 2.93. The number of hydrogen-bond acceptors (Lipinski definition) is 3. The minimum absolute atomic E-state index is 0.0522. The van der Waals surface area contributed by atoms with Crippen molar-refractivity contribution in [3.63, 3.8) is 0 Å². The van der Waals surface area contributed by atoms with Crippen LogP contribution in [0.15, 0.2) is 42.7 Å². The van der Waals surface area contributed by atoms with Crippen molar-refractivity contribution in [3.05, 3.63) is 48.3 Å². The van der Waals surface area contributed by atoms with Crippen LogP contribution in [0, 0.1) is 5.92 Å². The number of anilines is 1. The third-order valence-corrected chi connectivity index (χ3v) is 3.93. The van der Waals surface area contributed by atoms with Gasteiger partial charge < -0.3 is 15.7 Å². The summed E-state index contributed by atoms with van der Waals surface area (Å²) in [5.41, 5.74) is 0.816. The van der Waals surface area contributed by atoms with Crippen molar-refractivity contribution in [1.29, 1.82) is 0 Å². The third kappa shape index (κ3) is 5.10. The molecule has 0 fully saturated rings. The van der Waals surface area contributed by atoms with Gasteiger partial charge in [-0.3, -0.25) is 4.68 Å².